The maximum atomic E-state index is 13.6. The first-order valence-corrected chi connectivity index (χ1v) is 8.57. The van der Waals surface area contributed by atoms with Crippen LogP contribution in [0.2, 0.25) is 0 Å². The highest BCUT2D eigenvalue weighted by atomic mass is 35.5. The second-order valence-corrected chi connectivity index (χ2v) is 6.56. The van der Waals surface area contributed by atoms with Crippen molar-refractivity contribution in [2.24, 2.45) is 5.73 Å². The third-order valence-electron chi connectivity index (χ3n) is 4.81. The van der Waals surface area contributed by atoms with Crippen molar-refractivity contribution in [3.63, 3.8) is 0 Å². The van der Waals surface area contributed by atoms with Crippen molar-refractivity contribution in [3.05, 3.63) is 65.5 Å². The summed E-state index contributed by atoms with van der Waals surface area (Å²) in [6.45, 7) is 0.426. The predicted octanol–water partition coefficient (Wildman–Crippen LogP) is 3.12. The number of nitrogens with one attached hydrogen (secondary N) is 1. The number of halogens is 2. The van der Waals surface area contributed by atoms with Crippen molar-refractivity contribution in [1.82, 2.24) is 5.32 Å². The number of ether oxygens (including phenoxy) is 2. The van der Waals surface area contributed by atoms with E-state index >= 15 is 0 Å². The molecule has 7 heteroatoms. The van der Waals surface area contributed by atoms with E-state index in [0.29, 0.717) is 17.7 Å². The Balaban J connectivity index is 0.00000261. The van der Waals surface area contributed by atoms with Crippen LogP contribution in [0.3, 0.4) is 0 Å². The highest BCUT2D eigenvalue weighted by molar-refractivity contribution is 5.85. The maximum absolute atomic E-state index is 13.6. The Bertz CT molecular complexity index is 772. The van der Waals surface area contributed by atoms with E-state index in [1.54, 1.807) is 25.3 Å². The van der Waals surface area contributed by atoms with Gasteiger partial charge in [0, 0.05) is 18.7 Å². The Morgan fingerprint density at radius 3 is 2.59 bits per heavy atom. The summed E-state index contributed by atoms with van der Waals surface area (Å²) in [5.74, 6) is -0.0139. The number of benzene rings is 2. The summed E-state index contributed by atoms with van der Waals surface area (Å²) in [7, 11) is 1.56. The van der Waals surface area contributed by atoms with Crippen LogP contribution in [0.1, 0.15) is 30.0 Å². The SMILES string of the molecule is COC[C@@]1(C(N)=O)CC[C@H](c2ccc(OCc3ccccc3F)cc2)N1.Cl. The molecular formula is C20H24ClFN2O3. The van der Waals surface area contributed by atoms with Gasteiger partial charge in [-0.1, -0.05) is 30.3 Å². The summed E-state index contributed by atoms with van der Waals surface area (Å²) in [5, 5.41) is 3.32. The molecule has 1 saturated heterocycles. The highest BCUT2D eigenvalue weighted by Gasteiger charge is 2.43. The minimum absolute atomic E-state index is 0. The van der Waals surface area contributed by atoms with Gasteiger partial charge in [-0.05, 0) is 36.6 Å². The van der Waals surface area contributed by atoms with Crippen molar-refractivity contribution in [2.45, 2.75) is 31.0 Å². The van der Waals surface area contributed by atoms with Gasteiger partial charge in [-0.25, -0.2) is 4.39 Å². The maximum Gasteiger partial charge on any atom is 0.240 e. The molecule has 0 spiro atoms. The minimum atomic E-state index is -0.820. The van der Waals surface area contributed by atoms with Gasteiger partial charge in [0.15, 0.2) is 0 Å². The molecule has 0 aromatic heterocycles. The fraction of sp³-hybridized carbons (Fsp3) is 0.350. The lowest BCUT2D eigenvalue weighted by Crippen LogP contribution is -2.55. The van der Waals surface area contributed by atoms with Gasteiger partial charge in [0.25, 0.3) is 0 Å². The summed E-state index contributed by atoms with van der Waals surface area (Å²) in [6.07, 6.45) is 1.42. The van der Waals surface area contributed by atoms with Crippen molar-refractivity contribution < 1.29 is 18.7 Å². The van der Waals surface area contributed by atoms with Crippen LogP contribution in [0, 0.1) is 5.82 Å². The van der Waals surface area contributed by atoms with E-state index in [4.69, 9.17) is 15.2 Å². The van der Waals surface area contributed by atoms with Gasteiger partial charge in [-0.3, -0.25) is 10.1 Å². The summed E-state index contributed by atoms with van der Waals surface area (Å²) in [5.41, 5.74) is 6.30. The molecule has 5 nitrogen and oxygen atoms in total. The van der Waals surface area contributed by atoms with Gasteiger partial charge in [-0.15, -0.1) is 12.4 Å². The van der Waals surface area contributed by atoms with E-state index in [2.05, 4.69) is 5.32 Å². The van der Waals surface area contributed by atoms with Gasteiger partial charge in [0.05, 0.1) is 6.61 Å². The molecule has 0 bridgehead atoms. The molecular weight excluding hydrogens is 371 g/mol. The Labute approximate surface area is 164 Å². The molecule has 3 rings (SSSR count). The lowest BCUT2D eigenvalue weighted by atomic mass is 9.98. The molecule has 1 heterocycles. The van der Waals surface area contributed by atoms with Crippen LogP contribution in [0.15, 0.2) is 48.5 Å². The molecule has 1 fully saturated rings. The van der Waals surface area contributed by atoms with Crippen LogP contribution < -0.4 is 15.8 Å². The standard InChI is InChI=1S/C20H23FN2O3.ClH/c1-25-13-20(19(22)24)11-10-18(23-20)14-6-8-16(9-7-14)26-12-15-4-2-3-5-17(15)21;/h2-9,18,23H,10-13H2,1H3,(H2,22,24);1H/t18-,20-;/m1./s1. The molecule has 2 atom stereocenters. The van der Waals surface area contributed by atoms with E-state index in [-0.39, 0.29) is 37.5 Å². The number of amides is 1. The molecule has 0 radical (unpaired) electrons. The molecule has 0 aliphatic carbocycles. The molecule has 1 aliphatic rings. The molecule has 2 aromatic rings. The van der Waals surface area contributed by atoms with Gasteiger partial charge in [-0.2, -0.15) is 0 Å². The average molecular weight is 395 g/mol. The first-order valence-electron chi connectivity index (χ1n) is 8.57. The van der Waals surface area contributed by atoms with E-state index in [1.165, 1.54) is 6.07 Å². The molecule has 146 valence electrons. The van der Waals surface area contributed by atoms with Crippen LogP contribution >= 0.6 is 12.4 Å². The zero-order chi connectivity index (χ0) is 18.6. The zero-order valence-corrected chi connectivity index (χ0v) is 15.9. The first kappa shape index (κ1) is 21.2. The summed E-state index contributed by atoms with van der Waals surface area (Å²) >= 11 is 0. The van der Waals surface area contributed by atoms with Gasteiger partial charge < -0.3 is 15.2 Å². The van der Waals surface area contributed by atoms with Crippen molar-refractivity contribution in [2.75, 3.05) is 13.7 Å². The van der Waals surface area contributed by atoms with Crippen LogP contribution in [-0.2, 0) is 16.1 Å². The summed E-state index contributed by atoms with van der Waals surface area (Å²) in [4.78, 5) is 11.8. The average Bonchev–Trinajstić information content (AvgIpc) is 3.07. The van der Waals surface area contributed by atoms with Crippen LogP contribution in [-0.4, -0.2) is 25.2 Å². The monoisotopic (exact) mass is 394 g/mol. The topological polar surface area (TPSA) is 73.6 Å². The van der Waals surface area contributed by atoms with Crippen LogP contribution in [0.25, 0.3) is 0 Å². The quantitative estimate of drug-likeness (QED) is 0.756. The highest BCUT2D eigenvalue weighted by Crippen LogP contribution is 2.33. The summed E-state index contributed by atoms with van der Waals surface area (Å²) in [6, 6.07) is 14.1. The normalized spacial score (nSPS) is 21.5. The van der Waals surface area contributed by atoms with Crippen molar-refractivity contribution >= 4 is 18.3 Å². The van der Waals surface area contributed by atoms with Gasteiger partial charge in [0.1, 0.15) is 23.7 Å². The minimum Gasteiger partial charge on any atom is -0.489 e. The smallest absolute Gasteiger partial charge is 0.240 e. The Hall–Kier alpha value is -2.15. The second-order valence-electron chi connectivity index (χ2n) is 6.56. The van der Waals surface area contributed by atoms with E-state index in [1.807, 2.05) is 24.3 Å². The summed E-state index contributed by atoms with van der Waals surface area (Å²) < 4.78 is 24.4. The van der Waals surface area contributed by atoms with E-state index in [9.17, 15) is 9.18 Å². The third-order valence-corrected chi connectivity index (χ3v) is 4.81. The number of hydrogen-bond acceptors (Lipinski definition) is 4. The molecule has 3 N–H and O–H groups in total. The Morgan fingerprint density at radius 2 is 1.96 bits per heavy atom. The fourth-order valence-corrected chi connectivity index (χ4v) is 3.32. The van der Waals surface area contributed by atoms with Gasteiger partial charge >= 0.3 is 0 Å². The largest absolute Gasteiger partial charge is 0.489 e. The number of methoxy groups -OCH3 is 1. The van der Waals surface area contributed by atoms with E-state index < -0.39 is 11.4 Å². The number of carbonyl (C=O) groups excluding carboxylic acids is 1. The zero-order valence-electron chi connectivity index (χ0n) is 15.1. The second kappa shape index (κ2) is 9.17. The number of primary amides is 1. The van der Waals surface area contributed by atoms with Crippen LogP contribution in [0.4, 0.5) is 4.39 Å². The first-order chi connectivity index (χ1) is 12.5. The molecule has 1 amide bonds. The molecule has 0 saturated carbocycles. The third kappa shape index (κ3) is 4.77. The van der Waals surface area contributed by atoms with Crippen molar-refractivity contribution in [3.8, 4) is 5.75 Å². The molecule has 2 aromatic carbocycles. The lowest BCUT2D eigenvalue weighted by molar-refractivity contribution is -0.126. The molecule has 27 heavy (non-hydrogen) atoms. The van der Waals surface area contributed by atoms with Gasteiger partial charge in [0.2, 0.25) is 5.91 Å². The van der Waals surface area contributed by atoms with Crippen LogP contribution in [0.5, 0.6) is 5.75 Å². The number of rotatable bonds is 7. The van der Waals surface area contributed by atoms with Crippen molar-refractivity contribution in [1.29, 1.82) is 0 Å². The number of hydrogen-bond donors (Lipinski definition) is 2. The number of carbonyl (C=O) groups is 1. The predicted molar refractivity (Wildman–Crippen MR) is 103 cm³/mol. The Morgan fingerprint density at radius 1 is 1.26 bits per heavy atom. The lowest BCUT2D eigenvalue weighted by Gasteiger charge is -2.26. The van der Waals surface area contributed by atoms with E-state index in [0.717, 1.165) is 12.0 Å². The Kier molecular flexibility index (Phi) is 7.18. The number of nitrogens with two attached hydrogens (primary N) is 1. The molecule has 0 unspecified atom stereocenters. The molecule has 1 aliphatic heterocycles. The fourth-order valence-electron chi connectivity index (χ4n) is 3.32.